The number of ether oxygens (including phenoxy) is 1. The van der Waals surface area contributed by atoms with Crippen molar-refractivity contribution in [2.24, 2.45) is 0 Å². The van der Waals surface area contributed by atoms with Gasteiger partial charge in [-0.3, -0.25) is 4.79 Å². The first kappa shape index (κ1) is 14.0. The van der Waals surface area contributed by atoms with Gasteiger partial charge >= 0.3 is 0 Å². The predicted molar refractivity (Wildman–Crippen MR) is 75.6 cm³/mol. The number of pyridine rings is 1. The molecule has 0 saturated carbocycles. The van der Waals surface area contributed by atoms with Gasteiger partial charge in [-0.1, -0.05) is 0 Å². The molecule has 2 aromatic heterocycles. The molecule has 1 saturated heterocycles. The molecule has 0 spiro atoms. The number of aromatic nitrogens is 3. The van der Waals surface area contributed by atoms with Crippen LogP contribution < -0.4 is 0 Å². The van der Waals surface area contributed by atoms with Crippen LogP contribution in [0.3, 0.4) is 0 Å². The second-order valence-corrected chi connectivity index (χ2v) is 5.05. The van der Waals surface area contributed by atoms with Crippen molar-refractivity contribution < 1.29 is 14.6 Å². The summed E-state index contributed by atoms with van der Waals surface area (Å²) in [4.78, 5) is 18.5. The van der Waals surface area contributed by atoms with E-state index in [0.717, 1.165) is 5.39 Å². The first-order valence-corrected chi connectivity index (χ1v) is 7.04. The summed E-state index contributed by atoms with van der Waals surface area (Å²) in [6.45, 7) is 1.76. The highest BCUT2D eigenvalue weighted by Crippen LogP contribution is 2.13. The fourth-order valence-electron chi connectivity index (χ4n) is 2.62. The summed E-state index contributed by atoms with van der Waals surface area (Å²) in [6.07, 6.45) is 3.93. The van der Waals surface area contributed by atoms with E-state index >= 15 is 0 Å². The summed E-state index contributed by atoms with van der Waals surface area (Å²) in [6, 6.07) is 3.70. The third kappa shape index (κ3) is 2.88. The zero-order chi connectivity index (χ0) is 14.7. The molecule has 1 fully saturated rings. The number of nitrogens with zero attached hydrogens (tertiary/aromatic N) is 4. The highest BCUT2D eigenvalue weighted by atomic mass is 16.5. The van der Waals surface area contributed by atoms with Crippen LogP contribution in [0.5, 0.6) is 0 Å². The minimum Gasteiger partial charge on any atom is -0.396 e. The number of morpholine rings is 1. The van der Waals surface area contributed by atoms with Crippen LogP contribution in [0.4, 0.5) is 0 Å². The van der Waals surface area contributed by atoms with Crippen LogP contribution in [0.15, 0.2) is 24.5 Å². The standard InChI is InChI=1S/C14H18N4O3/c19-6-3-12-10-21-7-5-17(12)13(20)9-18-14-11(8-16-18)2-1-4-15-14/h1-2,4,8,12,19H,3,5-7,9-10H2. The number of aliphatic hydroxyl groups excluding tert-OH is 1. The minimum atomic E-state index is -0.0639. The number of carbonyl (C=O) groups excluding carboxylic acids is 1. The fourth-order valence-corrected chi connectivity index (χ4v) is 2.62. The van der Waals surface area contributed by atoms with E-state index in [-0.39, 0.29) is 25.1 Å². The normalized spacial score (nSPS) is 19.1. The van der Waals surface area contributed by atoms with E-state index in [2.05, 4.69) is 10.1 Å². The lowest BCUT2D eigenvalue weighted by Gasteiger charge is -2.35. The van der Waals surface area contributed by atoms with Crippen molar-refractivity contribution in [1.29, 1.82) is 0 Å². The van der Waals surface area contributed by atoms with Gasteiger partial charge in [-0.15, -0.1) is 0 Å². The van der Waals surface area contributed by atoms with Gasteiger partial charge in [-0.2, -0.15) is 5.10 Å². The van der Waals surface area contributed by atoms with Crippen LogP contribution >= 0.6 is 0 Å². The molecule has 112 valence electrons. The fraction of sp³-hybridized carbons (Fsp3) is 0.500. The minimum absolute atomic E-state index is 0.0209. The molecule has 0 aliphatic carbocycles. The number of amides is 1. The Morgan fingerprint density at radius 1 is 1.52 bits per heavy atom. The maximum atomic E-state index is 12.5. The van der Waals surface area contributed by atoms with Crippen LogP contribution in [0.25, 0.3) is 11.0 Å². The smallest absolute Gasteiger partial charge is 0.244 e. The van der Waals surface area contributed by atoms with Gasteiger partial charge in [0.2, 0.25) is 5.91 Å². The maximum absolute atomic E-state index is 12.5. The lowest BCUT2D eigenvalue weighted by atomic mass is 10.1. The van der Waals surface area contributed by atoms with Gasteiger partial charge in [0.15, 0.2) is 5.65 Å². The Kier molecular flexibility index (Phi) is 4.12. The molecule has 1 N–H and O–H groups in total. The van der Waals surface area contributed by atoms with E-state index in [4.69, 9.17) is 9.84 Å². The monoisotopic (exact) mass is 290 g/mol. The summed E-state index contributed by atoms with van der Waals surface area (Å²) in [5.41, 5.74) is 0.706. The van der Waals surface area contributed by atoms with E-state index < -0.39 is 0 Å². The van der Waals surface area contributed by atoms with Gasteiger partial charge < -0.3 is 14.7 Å². The van der Waals surface area contributed by atoms with Gasteiger partial charge in [0.1, 0.15) is 6.54 Å². The van der Waals surface area contributed by atoms with Crippen LogP contribution in [0.1, 0.15) is 6.42 Å². The van der Waals surface area contributed by atoms with Gasteiger partial charge in [0.25, 0.3) is 0 Å². The van der Waals surface area contributed by atoms with E-state index in [9.17, 15) is 4.79 Å². The van der Waals surface area contributed by atoms with Gasteiger partial charge in [0.05, 0.1) is 25.5 Å². The van der Waals surface area contributed by atoms with E-state index in [1.165, 1.54) is 0 Å². The molecule has 1 atom stereocenters. The Hall–Kier alpha value is -1.99. The maximum Gasteiger partial charge on any atom is 0.244 e. The molecule has 7 nitrogen and oxygen atoms in total. The molecular formula is C14H18N4O3. The van der Waals surface area contributed by atoms with Crippen LogP contribution in [-0.4, -0.2) is 63.1 Å². The average molecular weight is 290 g/mol. The zero-order valence-corrected chi connectivity index (χ0v) is 11.7. The third-order valence-electron chi connectivity index (χ3n) is 3.69. The lowest BCUT2D eigenvalue weighted by Crippen LogP contribution is -2.50. The summed E-state index contributed by atoms with van der Waals surface area (Å²) < 4.78 is 6.99. The number of rotatable bonds is 4. The van der Waals surface area contributed by atoms with E-state index in [1.807, 2.05) is 12.1 Å². The molecule has 1 aliphatic rings. The third-order valence-corrected chi connectivity index (χ3v) is 3.69. The van der Waals surface area contributed by atoms with E-state index in [0.29, 0.717) is 31.8 Å². The quantitative estimate of drug-likeness (QED) is 0.860. The van der Waals surface area contributed by atoms with Crippen molar-refractivity contribution in [2.45, 2.75) is 19.0 Å². The number of hydrogen-bond donors (Lipinski definition) is 1. The summed E-state index contributed by atoms with van der Waals surface area (Å²) >= 11 is 0. The molecule has 0 aromatic carbocycles. The molecule has 1 amide bonds. The van der Waals surface area contributed by atoms with Crippen molar-refractivity contribution in [1.82, 2.24) is 19.7 Å². The predicted octanol–water partition coefficient (Wildman–Crippen LogP) is 0.0411. The van der Waals surface area contributed by atoms with Gasteiger partial charge in [-0.05, 0) is 18.6 Å². The van der Waals surface area contributed by atoms with Crippen LogP contribution in [0.2, 0.25) is 0 Å². The largest absolute Gasteiger partial charge is 0.396 e. The Labute approximate surface area is 122 Å². The Morgan fingerprint density at radius 3 is 3.29 bits per heavy atom. The molecule has 0 radical (unpaired) electrons. The highest BCUT2D eigenvalue weighted by Gasteiger charge is 2.27. The molecule has 2 aromatic rings. The number of carbonyl (C=O) groups is 1. The Morgan fingerprint density at radius 2 is 2.43 bits per heavy atom. The zero-order valence-electron chi connectivity index (χ0n) is 11.7. The van der Waals surface area contributed by atoms with Crippen molar-refractivity contribution >= 4 is 16.9 Å². The van der Waals surface area contributed by atoms with Crippen LogP contribution in [-0.2, 0) is 16.1 Å². The Balaban J connectivity index is 1.75. The molecule has 0 bridgehead atoms. The second kappa shape index (κ2) is 6.19. The van der Waals surface area contributed by atoms with Crippen LogP contribution in [0, 0.1) is 0 Å². The molecule has 1 unspecified atom stereocenters. The highest BCUT2D eigenvalue weighted by molar-refractivity contribution is 5.80. The summed E-state index contributed by atoms with van der Waals surface area (Å²) in [7, 11) is 0. The first-order chi connectivity index (χ1) is 10.3. The molecule has 1 aliphatic heterocycles. The van der Waals surface area contributed by atoms with Crippen molar-refractivity contribution in [3.63, 3.8) is 0 Å². The van der Waals surface area contributed by atoms with Crippen molar-refractivity contribution in [3.05, 3.63) is 24.5 Å². The first-order valence-electron chi connectivity index (χ1n) is 7.04. The second-order valence-electron chi connectivity index (χ2n) is 5.05. The molecule has 3 rings (SSSR count). The molecule has 3 heterocycles. The lowest BCUT2D eigenvalue weighted by molar-refractivity contribution is -0.141. The summed E-state index contributed by atoms with van der Waals surface area (Å²) in [5.74, 6) is -0.0209. The number of aliphatic hydroxyl groups is 1. The van der Waals surface area contributed by atoms with Crippen molar-refractivity contribution in [2.75, 3.05) is 26.4 Å². The van der Waals surface area contributed by atoms with Gasteiger partial charge in [0, 0.05) is 24.7 Å². The van der Waals surface area contributed by atoms with Crippen molar-refractivity contribution in [3.8, 4) is 0 Å². The SMILES string of the molecule is O=C(Cn1ncc2cccnc21)N1CCOCC1CCO. The van der Waals surface area contributed by atoms with Gasteiger partial charge in [-0.25, -0.2) is 9.67 Å². The van der Waals surface area contributed by atoms with E-state index in [1.54, 1.807) is 22.0 Å². The molecular weight excluding hydrogens is 272 g/mol. The molecule has 7 heteroatoms. The average Bonchev–Trinajstić information content (AvgIpc) is 2.91. The summed E-state index contributed by atoms with van der Waals surface area (Å²) in [5, 5.41) is 14.2. The topological polar surface area (TPSA) is 80.5 Å². The Bertz CT molecular complexity index is 625. The molecule has 21 heavy (non-hydrogen) atoms. The number of hydrogen-bond acceptors (Lipinski definition) is 5. The number of fused-ring (bicyclic) bond motifs is 1.